The Labute approximate surface area is 226 Å². The lowest BCUT2D eigenvalue weighted by Crippen LogP contribution is -2.32. The number of aromatic nitrogens is 1. The molecule has 0 aliphatic rings. The highest BCUT2D eigenvalue weighted by molar-refractivity contribution is 7.09. The third-order valence-electron chi connectivity index (χ3n) is 6.88. The summed E-state index contributed by atoms with van der Waals surface area (Å²) in [5.74, 6) is -1.38. The molecule has 0 aliphatic heterocycles. The number of unbranched alkanes of at least 4 members (excludes halogenated alkanes) is 2. The molecule has 0 radical (unpaired) electrons. The Hall–Kier alpha value is -3.84. The first-order valence-electron chi connectivity index (χ1n) is 13.0. The second-order valence-corrected chi connectivity index (χ2v) is 10.6. The van der Waals surface area contributed by atoms with Crippen molar-refractivity contribution in [1.82, 2.24) is 9.88 Å². The second-order valence-electron chi connectivity index (χ2n) is 9.59. The Morgan fingerprint density at radius 1 is 1.08 bits per heavy atom. The van der Waals surface area contributed by atoms with Gasteiger partial charge in [-0.2, -0.15) is 0 Å². The van der Waals surface area contributed by atoms with Gasteiger partial charge in [0.2, 0.25) is 5.56 Å². The lowest BCUT2D eigenvalue weighted by atomic mass is 9.81. The Bertz CT molecular complexity index is 1470. The molecule has 0 spiro atoms. The van der Waals surface area contributed by atoms with Gasteiger partial charge in [-0.15, -0.1) is 11.3 Å². The van der Waals surface area contributed by atoms with Gasteiger partial charge in [0, 0.05) is 16.5 Å². The summed E-state index contributed by atoms with van der Waals surface area (Å²) in [5, 5.41) is 23.4. The average Bonchev–Trinajstić information content (AvgIpc) is 3.40. The summed E-state index contributed by atoms with van der Waals surface area (Å²) in [6.45, 7) is 4.28. The number of aryl methyl sites for hydroxylation is 2. The number of allylic oxidation sites excluding steroid dienone is 1. The number of aliphatic hydroxyl groups excluding tert-OH is 1. The summed E-state index contributed by atoms with van der Waals surface area (Å²) in [7, 11) is 0. The highest BCUT2D eigenvalue weighted by atomic mass is 32.1. The van der Waals surface area contributed by atoms with Gasteiger partial charge in [-0.3, -0.25) is 9.59 Å². The Kier molecular flexibility index (Phi) is 9.02. The van der Waals surface area contributed by atoms with E-state index in [2.05, 4.69) is 24.0 Å². The van der Waals surface area contributed by atoms with Crippen LogP contribution in [-0.4, -0.2) is 32.6 Å². The predicted molar refractivity (Wildman–Crippen MR) is 154 cm³/mol. The lowest BCUT2D eigenvalue weighted by molar-refractivity contribution is -0.138. The fraction of sp³-hybridized carbons (Fsp3) is 0.290. The van der Waals surface area contributed by atoms with E-state index < -0.39 is 11.9 Å². The highest BCUT2D eigenvalue weighted by Crippen LogP contribution is 2.39. The Morgan fingerprint density at radius 2 is 1.89 bits per heavy atom. The summed E-state index contributed by atoms with van der Waals surface area (Å²) in [6.07, 6.45) is 5.24. The van der Waals surface area contributed by atoms with E-state index >= 15 is 0 Å². The van der Waals surface area contributed by atoms with Crippen LogP contribution in [-0.2, 0) is 17.8 Å². The van der Waals surface area contributed by atoms with E-state index in [0.717, 1.165) is 64.4 Å². The number of carbonyl (C=O) groups is 1. The minimum atomic E-state index is -0.969. The van der Waals surface area contributed by atoms with Gasteiger partial charge in [0.1, 0.15) is 6.54 Å². The minimum Gasteiger partial charge on any atom is -0.514 e. The van der Waals surface area contributed by atoms with E-state index in [4.69, 9.17) is 0 Å². The van der Waals surface area contributed by atoms with Crippen LogP contribution in [0.15, 0.2) is 82.8 Å². The van der Waals surface area contributed by atoms with Crippen molar-refractivity contribution in [2.75, 3.05) is 6.54 Å². The zero-order chi connectivity index (χ0) is 27.1. The average molecular weight is 531 g/mol. The molecule has 0 saturated carbocycles. The molecule has 2 heterocycles. The largest absolute Gasteiger partial charge is 0.514 e. The summed E-state index contributed by atoms with van der Waals surface area (Å²) in [5.41, 5.74) is 5.21. The first-order chi connectivity index (χ1) is 18.4. The first kappa shape index (κ1) is 27.2. The van der Waals surface area contributed by atoms with Gasteiger partial charge < -0.3 is 20.1 Å². The quantitative estimate of drug-likeness (QED) is 0.139. The zero-order valence-electron chi connectivity index (χ0n) is 21.8. The number of aliphatic hydroxyl groups is 1. The molecule has 0 aliphatic carbocycles. The van der Waals surface area contributed by atoms with Gasteiger partial charge in [0.15, 0.2) is 0 Å². The Morgan fingerprint density at radius 3 is 2.61 bits per heavy atom. The van der Waals surface area contributed by atoms with Crippen LogP contribution in [0.5, 0.6) is 0 Å². The molecule has 4 rings (SSSR count). The van der Waals surface area contributed by atoms with Gasteiger partial charge in [-0.05, 0) is 77.1 Å². The van der Waals surface area contributed by atoms with Crippen LogP contribution in [0.4, 0.5) is 0 Å². The van der Waals surface area contributed by atoms with Crippen molar-refractivity contribution < 1.29 is 15.0 Å². The van der Waals surface area contributed by atoms with E-state index in [1.165, 1.54) is 11.6 Å². The molecule has 7 heteroatoms. The van der Waals surface area contributed by atoms with Gasteiger partial charge in [-0.1, -0.05) is 50.1 Å². The third kappa shape index (κ3) is 6.34. The number of rotatable bonds is 12. The monoisotopic (exact) mass is 530 g/mol. The number of carboxylic acid groups (broad SMARTS) is 1. The number of pyridine rings is 1. The molecule has 0 amide bonds. The maximum Gasteiger partial charge on any atom is 0.323 e. The molecular weight excluding hydrogens is 496 g/mol. The van der Waals surface area contributed by atoms with Crippen LogP contribution < -0.4 is 5.56 Å². The number of thiophene rings is 1. The molecule has 1 unspecified atom stereocenters. The van der Waals surface area contributed by atoms with Gasteiger partial charge >= 0.3 is 5.97 Å². The normalized spacial score (nSPS) is 12.5. The number of nitrogens with zero attached hydrogens (tertiary/aromatic N) is 1. The van der Waals surface area contributed by atoms with Crippen molar-refractivity contribution >= 4 is 28.2 Å². The maximum absolute atomic E-state index is 12.0. The van der Waals surface area contributed by atoms with Crippen molar-refractivity contribution in [3.8, 4) is 0 Å². The van der Waals surface area contributed by atoms with Crippen molar-refractivity contribution in [2.45, 2.75) is 52.0 Å². The summed E-state index contributed by atoms with van der Waals surface area (Å²) in [4.78, 5) is 29.6. The molecule has 3 N–H and O–H groups in total. The van der Waals surface area contributed by atoms with E-state index in [-0.39, 0.29) is 12.1 Å². The highest BCUT2D eigenvalue weighted by Gasteiger charge is 2.29. The Balaban J connectivity index is 1.91. The zero-order valence-corrected chi connectivity index (χ0v) is 22.6. The van der Waals surface area contributed by atoms with Gasteiger partial charge in [0.25, 0.3) is 0 Å². The molecule has 0 bridgehead atoms. The first-order valence-corrected chi connectivity index (χ1v) is 13.8. The topological polar surface area (TPSA) is 93.6 Å². The molecule has 6 nitrogen and oxygen atoms in total. The van der Waals surface area contributed by atoms with E-state index in [9.17, 15) is 19.8 Å². The van der Waals surface area contributed by atoms with Crippen LogP contribution >= 0.6 is 11.3 Å². The molecule has 198 valence electrons. The van der Waals surface area contributed by atoms with Crippen LogP contribution in [0.25, 0.3) is 10.9 Å². The smallest absolute Gasteiger partial charge is 0.323 e. The SMILES string of the molecule is CCCCCc1ccccc1C(/C(=C\O)N(CC(=O)O)Cc1cccs1)c1cc2ccc(=O)[nH]c2cc1C. The van der Waals surface area contributed by atoms with Crippen LogP contribution in [0.1, 0.15) is 59.2 Å². The fourth-order valence-corrected chi connectivity index (χ4v) is 5.79. The summed E-state index contributed by atoms with van der Waals surface area (Å²) >= 11 is 1.56. The molecule has 0 saturated heterocycles. The standard InChI is InChI=1S/C31H34N2O4S/c1-3-4-5-9-22-10-6-7-12-25(22)31(26-17-23-13-14-29(35)32-27(23)16-21(26)2)28(20-34)33(19-30(36)37)18-24-11-8-15-38-24/h6-8,10-17,20,31,34H,3-5,9,18-19H2,1-2H3,(H,32,35)(H,36,37)/b28-20+. The summed E-state index contributed by atoms with van der Waals surface area (Å²) in [6, 6.07) is 19.4. The fourth-order valence-electron chi connectivity index (χ4n) is 5.07. The minimum absolute atomic E-state index is 0.165. The molecule has 4 aromatic rings. The number of fused-ring (bicyclic) bond motifs is 1. The molecule has 1 atom stereocenters. The van der Waals surface area contributed by atoms with Gasteiger partial charge in [0.05, 0.1) is 24.4 Å². The number of aromatic amines is 1. The predicted octanol–water partition coefficient (Wildman–Crippen LogP) is 6.75. The molecule has 0 fully saturated rings. The van der Waals surface area contributed by atoms with Crippen LogP contribution in [0, 0.1) is 6.92 Å². The van der Waals surface area contributed by atoms with Crippen molar-refractivity contribution in [3.63, 3.8) is 0 Å². The summed E-state index contributed by atoms with van der Waals surface area (Å²) < 4.78 is 0. The van der Waals surface area contributed by atoms with E-state index in [1.54, 1.807) is 22.3 Å². The number of aliphatic carboxylic acids is 1. The molecular formula is C31H34N2O4S. The molecule has 2 aromatic heterocycles. The van der Waals surface area contributed by atoms with Crippen molar-refractivity contribution in [1.29, 1.82) is 0 Å². The maximum atomic E-state index is 12.0. The third-order valence-corrected chi connectivity index (χ3v) is 7.74. The van der Waals surface area contributed by atoms with Gasteiger partial charge in [-0.25, -0.2) is 0 Å². The second kappa shape index (κ2) is 12.6. The number of nitrogens with one attached hydrogen (secondary N) is 1. The number of hydrogen-bond acceptors (Lipinski definition) is 5. The van der Waals surface area contributed by atoms with Crippen molar-refractivity contribution in [2.24, 2.45) is 0 Å². The van der Waals surface area contributed by atoms with Crippen LogP contribution in [0.3, 0.4) is 0 Å². The molecule has 2 aromatic carbocycles. The molecule has 38 heavy (non-hydrogen) atoms. The van der Waals surface area contributed by atoms with Crippen LogP contribution in [0.2, 0.25) is 0 Å². The number of H-pyrrole nitrogens is 1. The van der Waals surface area contributed by atoms with E-state index in [1.807, 2.05) is 48.7 Å². The number of benzene rings is 2. The number of hydrogen-bond donors (Lipinski definition) is 3. The number of carboxylic acids is 1. The van der Waals surface area contributed by atoms with E-state index in [0.29, 0.717) is 12.2 Å². The lowest BCUT2D eigenvalue weighted by Gasteiger charge is -2.33. The van der Waals surface area contributed by atoms with Crippen molar-refractivity contribution in [3.05, 3.63) is 115 Å².